The van der Waals surface area contributed by atoms with E-state index < -0.39 is 0 Å². The predicted octanol–water partition coefficient (Wildman–Crippen LogP) is 3.26. The fourth-order valence-corrected chi connectivity index (χ4v) is 4.07. The van der Waals surface area contributed by atoms with Crippen LogP contribution in [0.2, 0.25) is 0 Å². The fourth-order valence-electron chi connectivity index (χ4n) is 4.07. The van der Waals surface area contributed by atoms with E-state index >= 15 is 0 Å². The number of benzene rings is 1. The van der Waals surface area contributed by atoms with Crippen LogP contribution in [0.4, 0.5) is 5.69 Å². The summed E-state index contributed by atoms with van der Waals surface area (Å²) in [5.74, 6) is 0. The number of anilines is 1. The second-order valence-electron chi connectivity index (χ2n) is 6.41. The van der Waals surface area contributed by atoms with Crippen LogP contribution < -0.4 is 10.2 Å². The molecule has 2 aliphatic rings. The Morgan fingerprint density at radius 2 is 2.10 bits per heavy atom. The molecule has 0 spiro atoms. The van der Waals surface area contributed by atoms with E-state index in [4.69, 9.17) is 0 Å². The highest BCUT2D eigenvalue weighted by Gasteiger charge is 2.34. The van der Waals surface area contributed by atoms with Gasteiger partial charge in [-0.25, -0.2) is 0 Å². The third-order valence-electron chi connectivity index (χ3n) is 4.99. The summed E-state index contributed by atoms with van der Waals surface area (Å²) in [4.78, 5) is 7.33. The summed E-state index contributed by atoms with van der Waals surface area (Å²) in [5.41, 5.74) is 3.63. The van der Waals surface area contributed by atoms with Gasteiger partial charge in [0.05, 0.1) is 5.52 Å². The highest BCUT2D eigenvalue weighted by Crippen LogP contribution is 2.34. The van der Waals surface area contributed by atoms with Crippen LogP contribution in [0.5, 0.6) is 0 Å². The van der Waals surface area contributed by atoms with Gasteiger partial charge in [0.1, 0.15) is 0 Å². The van der Waals surface area contributed by atoms with Crippen LogP contribution in [0.25, 0.3) is 10.9 Å². The Morgan fingerprint density at radius 1 is 1.19 bits per heavy atom. The first kappa shape index (κ1) is 13.1. The lowest BCUT2D eigenvalue weighted by molar-refractivity contribution is 0.483. The van der Waals surface area contributed by atoms with Crippen molar-refractivity contribution in [3.8, 4) is 0 Å². The van der Waals surface area contributed by atoms with E-state index in [0.717, 1.165) is 11.2 Å². The summed E-state index contributed by atoms with van der Waals surface area (Å²) in [6.45, 7) is 4.47. The fraction of sp³-hybridized carbons (Fsp3) is 0.500. The molecule has 2 atom stereocenters. The highest BCUT2D eigenvalue weighted by atomic mass is 15.2. The number of pyridine rings is 1. The minimum atomic E-state index is 0.651. The van der Waals surface area contributed by atoms with Crippen molar-refractivity contribution in [2.75, 3.05) is 18.0 Å². The molecule has 110 valence electrons. The molecule has 21 heavy (non-hydrogen) atoms. The molecule has 3 heteroatoms. The zero-order valence-corrected chi connectivity index (χ0v) is 12.7. The molecule has 0 bridgehead atoms. The van der Waals surface area contributed by atoms with E-state index in [2.05, 4.69) is 52.5 Å². The summed E-state index contributed by atoms with van der Waals surface area (Å²) in [7, 11) is 0. The van der Waals surface area contributed by atoms with Crippen LogP contribution in [-0.4, -0.2) is 30.2 Å². The molecular weight excluding hydrogens is 258 g/mol. The van der Waals surface area contributed by atoms with Crippen molar-refractivity contribution in [1.82, 2.24) is 10.3 Å². The maximum atomic E-state index is 4.69. The molecule has 0 amide bonds. The topological polar surface area (TPSA) is 28.2 Å². The van der Waals surface area contributed by atoms with Gasteiger partial charge < -0.3 is 10.2 Å². The molecule has 2 saturated heterocycles. The van der Waals surface area contributed by atoms with Crippen LogP contribution in [0.1, 0.15) is 31.4 Å². The molecule has 1 aromatic carbocycles. The zero-order valence-electron chi connectivity index (χ0n) is 12.7. The Hall–Kier alpha value is -1.61. The van der Waals surface area contributed by atoms with Crippen LogP contribution in [0.15, 0.2) is 30.3 Å². The number of hydrogen-bond acceptors (Lipinski definition) is 3. The Bertz CT molecular complexity index is 646. The Balaban J connectivity index is 1.77. The van der Waals surface area contributed by atoms with Gasteiger partial charge in [0.25, 0.3) is 0 Å². The van der Waals surface area contributed by atoms with Gasteiger partial charge in [-0.05, 0) is 51.3 Å². The minimum Gasteiger partial charge on any atom is -0.366 e. The van der Waals surface area contributed by atoms with Gasteiger partial charge in [0.15, 0.2) is 0 Å². The van der Waals surface area contributed by atoms with E-state index in [1.807, 2.05) is 0 Å². The van der Waals surface area contributed by atoms with Crippen molar-refractivity contribution in [2.24, 2.45) is 0 Å². The minimum absolute atomic E-state index is 0.651. The van der Waals surface area contributed by atoms with Gasteiger partial charge in [-0.3, -0.25) is 4.98 Å². The summed E-state index contributed by atoms with van der Waals surface area (Å²) >= 11 is 0. The van der Waals surface area contributed by atoms with Gasteiger partial charge in [-0.2, -0.15) is 0 Å². The van der Waals surface area contributed by atoms with Gasteiger partial charge in [-0.15, -0.1) is 0 Å². The Kier molecular flexibility index (Phi) is 3.30. The highest BCUT2D eigenvalue weighted by molar-refractivity contribution is 5.92. The third kappa shape index (κ3) is 2.30. The van der Waals surface area contributed by atoms with Gasteiger partial charge in [0.2, 0.25) is 0 Å². The van der Waals surface area contributed by atoms with E-state index in [0.29, 0.717) is 12.1 Å². The Morgan fingerprint density at radius 3 is 2.95 bits per heavy atom. The molecule has 1 aromatic heterocycles. The first-order valence-corrected chi connectivity index (χ1v) is 8.19. The maximum Gasteiger partial charge on any atom is 0.0726 e. The van der Waals surface area contributed by atoms with E-state index in [1.54, 1.807) is 0 Å². The van der Waals surface area contributed by atoms with Crippen molar-refractivity contribution < 1.29 is 0 Å². The molecule has 4 rings (SSSR count). The molecule has 2 aliphatic heterocycles. The summed E-state index contributed by atoms with van der Waals surface area (Å²) in [5, 5.41) is 5.00. The largest absolute Gasteiger partial charge is 0.366 e. The lowest BCUT2D eigenvalue weighted by atomic mass is 10.0. The quantitative estimate of drug-likeness (QED) is 0.916. The summed E-state index contributed by atoms with van der Waals surface area (Å²) in [6.07, 6.45) is 5.26. The van der Waals surface area contributed by atoms with Gasteiger partial charge in [0, 0.05) is 35.4 Å². The van der Waals surface area contributed by atoms with Crippen LogP contribution >= 0.6 is 0 Å². The number of aryl methyl sites for hydroxylation is 1. The molecule has 3 heterocycles. The SMILES string of the molecule is Cc1cc(N2CCCC2C2CCCN2)c2ccccc2n1. The molecule has 0 aliphatic carbocycles. The van der Waals surface area contributed by atoms with Gasteiger partial charge in [-0.1, -0.05) is 18.2 Å². The number of fused-ring (bicyclic) bond motifs is 1. The number of nitrogens with zero attached hydrogens (tertiary/aromatic N) is 2. The number of hydrogen-bond donors (Lipinski definition) is 1. The monoisotopic (exact) mass is 281 g/mol. The average molecular weight is 281 g/mol. The number of para-hydroxylation sites is 1. The van der Waals surface area contributed by atoms with Crippen molar-refractivity contribution in [1.29, 1.82) is 0 Å². The summed E-state index contributed by atoms with van der Waals surface area (Å²) < 4.78 is 0. The lowest BCUT2D eigenvalue weighted by Crippen LogP contribution is -2.44. The van der Waals surface area contributed by atoms with Crippen molar-refractivity contribution in [2.45, 2.75) is 44.7 Å². The van der Waals surface area contributed by atoms with Crippen LogP contribution in [0.3, 0.4) is 0 Å². The van der Waals surface area contributed by atoms with Crippen molar-refractivity contribution in [3.05, 3.63) is 36.0 Å². The lowest BCUT2D eigenvalue weighted by Gasteiger charge is -2.32. The zero-order chi connectivity index (χ0) is 14.2. The average Bonchev–Trinajstić information content (AvgIpc) is 3.17. The molecular formula is C18H23N3. The third-order valence-corrected chi connectivity index (χ3v) is 4.99. The maximum absolute atomic E-state index is 4.69. The van der Waals surface area contributed by atoms with E-state index in [9.17, 15) is 0 Å². The molecule has 2 unspecified atom stereocenters. The molecule has 0 saturated carbocycles. The molecule has 2 aromatic rings. The number of aromatic nitrogens is 1. The molecule has 3 nitrogen and oxygen atoms in total. The first-order valence-electron chi connectivity index (χ1n) is 8.19. The first-order chi connectivity index (χ1) is 10.3. The molecule has 0 radical (unpaired) electrons. The van der Waals surface area contributed by atoms with Crippen molar-refractivity contribution >= 4 is 16.6 Å². The number of nitrogens with one attached hydrogen (secondary N) is 1. The molecule has 2 fully saturated rings. The van der Waals surface area contributed by atoms with E-state index in [-0.39, 0.29) is 0 Å². The van der Waals surface area contributed by atoms with Crippen LogP contribution in [0, 0.1) is 6.92 Å². The van der Waals surface area contributed by atoms with Gasteiger partial charge >= 0.3 is 0 Å². The second-order valence-corrected chi connectivity index (χ2v) is 6.41. The molecule has 1 N–H and O–H groups in total. The van der Waals surface area contributed by atoms with Crippen molar-refractivity contribution in [3.63, 3.8) is 0 Å². The second kappa shape index (κ2) is 5.30. The summed E-state index contributed by atoms with van der Waals surface area (Å²) in [6, 6.07) is 12.1. The smallest absolute Gasteiger partial charge is 0.0726 e. The van der Waals surface area contributed by atoms with Crippen LogP contribution in [-0.2, 0) is 0 Å². The van der Waals surface area contributed by atoms with E-state index in [1.165, 1.54) is 49.8 Å². The number of rotatable bonds is 2. The normalized spacial score (nSPS) is 25.9. The Labute approximate surface area is 126 Å². The standard InChI is InChI=1S/C18H23N3/c1-13-12-18(14-6-2-3-7-15(14)20-13)21-11-5-9-17(21)16-8-4-10-19-16/h2-3,6-7,12,16-17,19H,4-5,8-11H2,1H3. The predicted molar refractivity (Wildman–Crippen MR) is 87.9 cm³/mol.